The first-order chi connectivity index (χ1) is 11.1. The lowest BCUT2D eigenvalue weighted by molar-refractivity contribution is 0.164. The molecule has 0 spiro atoms. The van der Waals surface area contributed by atoms with E-state index in [-0.39, 0.29) is 17.6 Å². The lowest BCUT2D eigenvalue weighted by atomic mass is 10.0. The summed E-state index contributed by atoms with van der Waals surface area (Å²) < 4.78 is 13.6. The summed E-state index contributed by atoms with van der Waals surface area (Å²) in [4.78, 5) is 0. The molecule has 0 saturated heterocycles. The van der Waals surface area contributed by atoms with E-state index >= 15 is 0 Å². The van der Waals surface area contributed by atoms with Crippen molar-refractivity contribution in [1.82, 2.24) is 5.32 Å². The maximum absolute atomic E-state index is 13.6. The molecule has 0 aliphatic heterocycles. The average molecular weight is 317 g/mol. The standard InChI is InChI=1S/C19H24FNO2/c1-2-15(10-7-14-8-11-16(22)12-9-14)21-13-19(23)17-5-3-4-6-18(17)20/h3-6,8-9,11-12,15,19,21-23H,2,7,10,13H2,1H3/t15-,19-/m0/s1. The van der Waals surface area contributed by atoms with Crippen LogP contribution in [0, 0.1) is 5.82 Å². The maximum Gasteiger partial charge on any atom is 0.129 e. The van der Waals surface area contributed by atoms with E-state index < -0.39 is 6.10 Å². The van der Waals surface area contributed by atoms with Crippen LogP contribution in [0.25, 0.3) is 0 Å². The summed E-state index contributed by atoms with van der Waals surface area (Å²) in [6.45, 7) is 2.42. The van der Waals surface area contributed by atoms with Crippen LogP contribution in [0.3, 0.4) is 0 Å². The Morgan fingerprint density at radius 3 is 2.43 bits per heavy atom. The normalized spacial score (nSPS) is 13.7. The van der Waals surface area contributed by atoms with E-state index in [9.17, 15) is 14.6 Å². The fraction of sp³-hybridized carbons (Fsp3) is 0.368. The second-order valence-corrected chi connectivity index (χ2v) is 5.76. The van der Waals surface area contributed by atoms with Crippen LogP contribution in [0.4, 0.5) is 4.39 Å². The van der Waals surface area contributed by atoms with Gasteiger partial charge in [-0.3, -0.25) is 0 Å². The van der Waals surface area contributed by atoms with Crippen LogP contribution in [0.5, 0.6) is 5.75 Å². The number of aliphatic hydroxyl groups is 1. The number of hydrogen-bond acceptors (Lipinski definition) is 3. The van der Waals surface area contributed by atoms with E-state index in [1.807, 2.05) is 12.1 Å². The minimum atomic E-state index is -0.848. The van der Waals surface area contributed by atoms with Crippen molar-refractivity contribution in [3.05, 3.63) is 65.5 Å². The molecule has 0 saturated carbocycles. The Kier molecular flexibility index (Phi) is 6.56. The first-order valence-electron chi connectivity index (χ1n) is 8.04. The van der Waals surface area contributed by atoms with Crippen LogP contribution in [0.1, 0.15) is 37.0 Å². The third-order valence-electron chi connectivity index (χ3n) is 4.07. The summed E-state index contributed by atoms with van der Waals surface area (Å²) in [7, 11) is 0. The van der Waals surface area contributed by atoms with Gasteiger partial charge < -0.3 is 15.5 Å². The summed E-state index contributed by atoms with van der Waals surface area (Å²) in [5.41, 5.74) is 1.49. The van der Waals surface area contributed by atoms with Crippen LogP contribution in [0.15, 0.2) is 48.5 Å². The SMILES string of the molecule is CC[C@@H](CCc1ccc(O)cc1)NC[C@H](O)c1ccccc1F. The van der Waals surface area contributed by atoms with Crippen molar-refractivity contribution in [2.24, 2.45) is 0 Å². The molecular formula is C19H24FNO2. The van der Waals surface area contributed by atoms with Gasteiger partial charge in [0.15, 0.2) is 0 Å². The topological polar surface area (TPSA) is 52.5 Å². The Hall–Kier alpha value is -1.91. The molecule has 0 fully saturated rings. The quantitative estimate of drug-likeness (QED) is 0.698. The predicted molar refractivity (Wildman–Crippen MR) is 89.9 cm³/mol. The molecule has 0 radical (unpaired) electrons. The van der Waals surface area contributed by atoms with Crippen molar-refractivity contribution in [3.63, 3.8) is 0 Å². The minimum Gasteiger partial charge on any atom is -0.508 e. The van der Waals surface area contributed by atoms with Crippen molar-refractivity contribution >= 4 is 0 Å². The maximum atomic E-state index is 13.6. The molecule has 0 amide bonds. The molecule has 2 aromatic rings. The number of rotatable bonds is 8. The molecule has 124 valence electrons. The zero-order valence-electron chi connectivity index (χ0n) is 13.4. The summed E-state index contributed by atoms with van der Waals surface area (Å²) in [5.74, 6) is -0.106. The van der Waals surface area contributed by atoms with Crippen molar-refractivity contribution < 1.29 is 14.6 Å². The predicted octanol–water partition coefficient (Wildman–Crippen LogP) is 3.57. The average Bonchev–Trinajstić information content (AvgIpc) is 2.56. The van der Waals surface area contributed by atoms with Gasteiger partial charge >= 0.3 is 0 Å². The van der Waals surface area contributed by atoms with Crippen molar-refractivity contribution in [2.45, 2.75) is 38.3 Å². The van der Waals surface area contributed by atoms with E-state index in [0.717, 1.165) is 24.8 Å². The van der Waals surface area contributed by atoms with E-state index in [4.69, 9.17) is 0 Å². The fourth-order valence-electron chi connectivity index (χ4n) is 2.59. The smallest absolute Gasteiger partial charge is 0.129 e. The summed E-state index contributed by atoms with van der Waals surface area (Å²) in [6.07, 6.45) is 1.90. The van der Waals surface area contributed by atoms with Gasteiger partial charge in [0.05, 0.1) is 6.10 Å². The zero-order chi connectivity index (χ0) is 16.7. The van der Waals surface area contributed by atoms with Crippen LogP contribution in [0.2, 0.25) is 0 Å². The van der Waals surface area contributed by atoms with Crippen molar-refractivity contribution in [3.8, 4) is 5.75 Å². The lowest BCUT2D eigenvalue weighted by Crippen LogP contribution is -2.33. The number of aromatic hydroxyl groups is 1. The second kappa shape index (κ2) is 8.65. The minimum absolute atomic E-state index is 0.255. The highest BCUT2D eigenvalue weighted by atomic mass is 19.1. The molecule has 4 heteroatoms. The number of aliphatic hydroxyl groups excluding tert-OH is 1. The van der Waals surface area contributed by atoms with E-state index in [0.29, 0.717) is 12.1 Å². The molecule has 2 atom stereocenters. The largest absolute Gasteiger partial charge is 0.508 e. The highest BCUT2D eigenvalue weighted by molar-refractivity contribution is 5.26. The number of phenolic OH excluding ortho intramolecular Hbond substituents is 1. The highest BCUT2D eigenvalue weighted by Gasteiger charge is 2.14. The molecule has 0 aliphatic rings. The number of phenols is 1. The first-order valence-corrected chi connectivity index (χ1v) is 8.04. The summed E-state index contributed by atoms with van der Waals surface area (Å²) in [6, 6.07) is 13.8. The van der Waals surface area contributed by atoms with Crippen LogP contribution in [-0.2, 0) is 6.42 Å². The molecule has 2 rings (SSSR count). The number of aryl methyl sites for hydroxylation is 1. The Morgan fingerprint density at radius 1 is 1.09 bits per heavy atom. The number of nitrogens with one attached hydrogen (secondary N) is 1. The molecule has 0 heterocycles. The van der Waals surface area contributed by atoms with E-state index in [1.54, 1.807) is 30.3 Å². The molecule has 0 aliphatic carbocycles. The van der Waals surface area contributed by atoms with Crippen LogP contribution < -0.4 is 5.32 Å². The molecular weight excluding hydrogens is 293 g/mol. The Morgan fingerprint density at radius 2 is 1.78 bits per heavy atom. The molecule has 3 N–H and O–H groups in total. The molecule has 2 aromatic carbocycles. The van der Waals surface area contributed by atoms with Gasteiger partial charge in [0.2, 0.25) is 0 Å². The fourth-order valence-corrected chi connectivity index (χ4v) is 2.59. The van der Waals surface area contributed by atoms with Gasteiger partial charge in [0, 0.05) is 18.2 Å². The number of benzene rings is 2. The highest BCUT2D eigenvalue weighted by Crippen LogP contribution is 2.17. The van der Waals surface area contributed by atoms with Crippen LogP contribution >= 0.6 is 0 Å². The first kappa shape index (κ1) is 17.4. The van der Waals surface area contributed by atoms with Gasteiger partial charge in [-0.1, -0.05) is 37.3 Å². The van der Waals surface area contributed by atoms with Gasteiger partial charge in [0.1, 0.15) is 11.6 Å². The van der Waals surface area contributed by atoms with Gasteiger partial charge in [-0.2, -0.15) is 0 Å². The zero-order valence-corrected chi connectivity index (χ0v) is 13.4. The van der Waals surface area contributed by atoms with E-state index in [2.05, 4.69) is 12.2 Å². The Bertz CT molecular complexity index is 601. The number of halogens is 1. The third-order valence-corrected chi connectivity index (χ3v) is 4.07. The molecule has 3 nitrogen and oxygen atoms in total. The monoisotopic (exact) mass is 317 g/mol. The molecule has 23 heavy (non-hydrogen) atoms. The lowest BCUT2D eigenvalue weighted by Gasteiger charge is -2.20. The van der Waals surface area contributed by atoms with Crippen molar-refractivity contribution in [2.75, 3.05) is 6.54 Å². The number of hydrogen-bond donors (Lipinski definition) is 3. The van der Waals surface area contributed by atoms with Gasteiger partial charge in [-0.25, -0.2) is 4.39 Å². The Labute approximate surface area is 136 Å². The summed E-state index contributed by atoms with van der Waals surface area (Å²) >= 11 is 0. The third kappa shape index (κ3) is 5.34. The van der Waals surface area contributed by atoms with Gasteiger partial charge in [0.25, 0.3) is 0 Å². The van der Waals surface area contributed by atoms with Crippen molar-refractivity contribution in [1.29, 1.82) is 0 Å². The summed E-state index contributed by atoms with van der Waals surface area (Å²) in [5, 5.41) is 22.7. The molecule has 0 aromatic heterocycles. The van der Waals surface area contributed by atoms with Crippen LogP contribution in [-0.4, -0.2) is 22.8 Å². The molecule has 0 bridgehead atoms. The van der Waals surface area contributed by atoms with E-state index in [1.165, 1.54) is 6.07 Å². The second-order valence-electron chi connectivity index (χ2n) is 5.76. The molecule has 0 unspecified atom stereocenters. The Balaban J connectivity index is 1.82. The van der Waals surface area contributed by atoms with Gasteiger partial charge in [-0.15, -0.1) is 0 Å². The van der Waals surface area contributed by atoms with Gasteiger partial charge in [-0.05, 0) is 43.0 Å².